The lowest BCUT2D eigenvalue weighted by atomic mass is 9.90. The highest BCUT2D eigenvalue weighted by Gasteiger charge is 2.32. The number of halogens is 3. The highest BCUT2D eigenvalue weighted by molar-refractivity contribution is 5.87. The first-order valence-corrected chi connectivity index (χ1v) is 7.89. The average Bonchev–Trinajstić information content (AvgIpc) is 2.58. The Morgan fingerprint density at radius 2 is 1.84 bits per heavy atom. The first-order chi connectivity index (χ1) is 11.9. The van der Waals surface area contributed by atoms with Gasteiger partial charge in [-0.25, -0.2) is 13.2 Å². The molecular weight excluding hydrogens is 329 g/mol. The van der Waals surface area contributed by atoms with E-state index >= 15 is 0 Å². The first kappa shape index (κ1) is 15.9. The molecule has 2 aromatic carbocycles. The molecule has 0 aliphatic carbocycles. The zero-order valence-corrected chi connectivity index (χ0v) is 13.4. The Bertz CT molecular complexity index is 990. The Hall–Kier alpha value is -2.60. The summed E-state index contributed by atoms with van der Waals surface area (Å²) in [6, 6.07) is 6.32. The second kappa shape index (κ2) is 5.74. The summed E-state index contributed by atoms with van der Waals surface area (Å²) in [5, 5.41) is 1.93. The molecule has 0 fully saturated rings. The van der Waals surface area contributed by atoms with Crippen molar-refractivity contribution in [3.63, 3.8) is 0 Å². The summed E-state index contributed by atoms with van der Waals surface area (Å²) in [6.45, 7) is 1.89. The number of hydrogen-bond donors (Lipinski definition) is 1. The van der Waals surface area contributed by atoms with Crippen LogP contribution in [0.2, 0.25) is 0 Å². The van der Waals surface area contributed by atoms with Gasteiger partial charge in [-0.2, -0.15) is 0 Å². The molecule has 0 saturated carbocycles. The van der Waals surface area contributed by atoms with Gasteiger partial charge in [0.1, 0.15) is 17.7 Å². The zero-order valence-electron chi connectivity index (χ0n) is 13.4. The van der Waals surface area contributed by atoms with Crippen LogP contribution < -0.4 is 10.5 Å². The summed E-state index contributed by atoms with van der Waals surface area (Å²) >= 11 is 0. The fourth-order valence-corrected chi connectivity index (χ4v) is 3.30. The number of aromatic nitrogens is 1. The lowest BCUT2D eigenvalue weighted by Crippen LogP contribution is -2.38. The van der Waals surface area contributed by atoms with Crippen molar-refractivity contribution in [3.05, 3.63) is 70.8 Å². The minimum atomic E-state index is -1.24. The maximum absolute atomic E-state index is 14.1. The SMILES string of the molecule is Cc1cc2c3c(ccc2cn1)O[C@H](c1cc(F)c(F)cc1F)[C@@H](N)C3. The Kier molecular flexibility index (Phi) is 3.65. The predicted molar refractivity (Wildman–Crippen MR) is 87.8 cm³/mol. The van der Waals surface area contributed by atoms with E-state index in [-0.39, 0.29) is 5.56 Å². The Labute approximate surface area is 142 Å². The number of aryl methyl sites for hydroxylation is 1. The van der Waals surface area contributed by atoms with Crippen molar-refractivity contribution in [1.82, 2.24) is 4.98 Å². The fraction of sp³-hybridized carbons (Fsp3) is 0.211. The minimum absolute atomic E-state index is 0.0805. The van der Waals surface area contributed by atoms with Crippen LogP contribution in [0, 0.1) is 24.4 Å². The Balaban J connectivity index is 1.81. The van der Waals surface area contributed by atoms with Crippen molar-refractivity contribution in [2.24, 2.45) is 5.73 Å². The van der Waals surface area contributed by atoms with Crippen molar-refractivity contribution in [3.8, 4) is 5.75 Å². The molecule has 3 nitrogen and oxygen atoms in total. The molecule has 0 saturated heterocycles. The number of rotatable bonds is 1. The molecule has 4 rings (SSSR count). The molecular formula is C19H15F3N2O. The van der Waals surface area contributed by atoms with Crippen LogP contribution in [0.3, 0.4) is 0 Å². The van der Waals surface area contributed by atoms with Gasteiger partial charge in [0.25, 0.3) is 0 Å². The van der Waals surface area contributed by atoms with Gasteiger partial charge in [-0.1, -0.05) is 0 Å². The Morgan fingerprint density at radius 3 is 2.64 bits per heavy atom. The number of pyridine rings is 1. The van der Waals surface area contributed by atoms with Crippen LogP contribution in [0.25, 0.3) is 10.8 Å². The summed E-state index contributed by atoms with van der Waals surface area (Å²) in [5.74, 6) is -2.67. The van der Waals surface area contributed by atoms with E-state index < -0.39 is 29.6 Å². The monoisotopic (exact) mass is 344 g/mol. The number of nitrogens with two attached hydrogens (primary N) is 1. The van der Waals surface area contributed by atoms with Gasteiger partial charge in [-0.3, -0.25) is 4.98 Å². The summed E-state index contributed by atoms with van der Waals surface area (Å²) in [7, 11) is 0. The van der Waals surface area contributed by atoms with Crippen LogP contribution >= 0.6 is 0 Å². The molecule has 0 spiro atoms. The highest BCUT2D eigenvalue weighted by atomic mass is 19.2. The van der Waals surface area contributed by atoms with Crippen molar-refractivity contribution in [1.29, 1.82) is 0 Å². The van der Waals surface area contributed by atoms with Gasteiger partial charge >= 0.3 is 0 Å². The Morgan fingerprint density at radius 1 is 1.08 bits per heavy atom. The number of fused-ring (bicyclic) bond motifs is 3. The van der Waals surface area contributed by atoms with Crippen molar-refractivity contribution in [2.45, 2.75) is 25.5 Å². The molecule has 6 heteroatoms. The summed E-state index contributed by atoms with van der Waals surface area (Å²) in [6.07, 6.45) is 1.32. The van der Waals surface area contributed by atoms with Gasteiger partial charge in [0.2, 0.25) is 0 Å². The average molecular weight is 344 g/mol. The number of nitrogens with zero attached hydrogens (tertiary/aromatic N) is 1. The second-order valence-corrected chi connectivity index (χ2v) is 6.28. The normalized spacial score (nSPS) is 19.6. The summed E-state index contributed by atoms with van der Waals surface area (Å²) in [5.41, 5.74) is 7.88. The standard InChI is InChI=1S/C19H15F3N2O/c1-9-4-11-10(8-24-9)2-3-18-12(11)6-17(23)19(25-18)13-5-15(21)16(22)7-14(13)20/h2-5,7-8,17,19H,6,23H2,1H3/t17-,19+/m0/s1. The molecule has 25 heavy (non-hydrogen) atoms. The van der Waals surface area contributed by atoms with Crippen molar-refractivity contribution in [2.75, 3.05) is 0 Å². The van der Waals surface area contributed by atoms with Crippen LogP contribution in [0.4, 0.5) is 13.2 Å². The second-order valence-electron chi connectivity index (χ2n) is 6.28. The third-order valence-electron chi connectivity index (χ3n) is 4.54. The molecule has 2 atom stereocenters. The quantitative estimate of drug-likeness (QED) is 0.680. The van der Waals surface area contributed by atoms with Gasteiger partial charge in [-0.05, 0) is 43.0 Å². The molecule has 2 heterocycles. The van der Waals surface area contributed by atoms with E-state index in [1.165, 1.54) is 0 Å². The van der Waals surface area contributed by atoms with Crippen molar-refractivity contribution >= 4 is 10.8 Å². The molecule has 0 amide bonds. The molecule has 0 unspecified atom stereocenters. The van der Waals surface area contributed by atoms with E-state index in [4.69, 9.17) is 10.5 Å². The van der Waals surface area contributed by atoms with Crippen LogP contribution in [-0.4, -0.2) is 11.0 Å². The maximum atomic E-state index is 14.1. The van der Waals surface area contributed by atoms with Gasteiger partial charge in [0.05, 0.1) is 6.04 Å². The zero-order chi connectivity index (χ0) is 17.7. The smallest absolute Gasteiger partial charge is 0.161 e. The van der Waals surface area contributed by atoms with Crippen molar-refractivity contribution < 1.29 is 17.9 Å². The summed E-state index contributed by atoms with van der Waals surface area (Å²) in [4.78, 5) is 4.27. The molecule has 1 aliphatic heterocycles. The van der Waals surface area contributed by atoms with Crippen LogP contribution in [0.15, 0.2) is 36.5 Å². The lowest BCUT2D eigenvalue weighted by Gasteiger charge is -2.32. The van der Waals surface area contributed by atoms with Gasteiger partial charge in [0.15, 0.2) is 11.6 Å². The van der Waals surface area contributed by atoms with E-state index in [9.17, 15) is 13.2 Å². The van der Waals surface area contributed by atoms with Crippen LogP contribution in [0.1, 0.15) is 22.9 Å². The van der Waals surface area contributed by atoms with Gasteiger partial charge < -0.3 is 10.5 Å². The molecule has 1 aliphatic rings. The predicted octanol–water partition coefficient (Wildman–Crippen LogP) is 3.96. The molecule has 0 radical (unpaired) electrons. The first-order valence-electron chi connectivity index (χ1n) is 7.89. The highest BCUT2D eigenvalue weighted by Crippen LogP contribution is 2.39. The fourth-order valence-electron chi connectivity index (χ4n) is 3.30. The summed E-state index contributed by atoms with van der Waals surface area (Å²) < 4.78 is 46.7. The van der Waals surface area contributed by atoms with Crippen LogP contribution in [-0.2, 0) is 6.42 Å². The number of ether oxygens (including phenoxy) is 1. The lowest BCUT2D eigenvalue weighted by molar-refractivity contribution is 0.149. The maximum Gasteiger partial charge on any atom is 0.161 e. The van der Waals surface area contributed by atoms with Crippen LogP contribution in [0.5, 0.6) is 5.75 Å². The van der Waals surface area contributed by atoms with E-state index in [0.717, 1.165) is 28.1 Å². The minimum Gasteiger partial charge on any atom is -0.484 e. The number of benzene rings is 2. The molecule has 128 valence electrons. The molecule has 0 bridgehead atoms. The molecule has 1 aromatic heterocycles. The van der Waals surface area contributed by atoms with Gasteiger partial charge in [0, 0.05) is 34.5 Å². The topological polar surface area (TPSA) is 48.1 Å². The number of hydrogen-bond acceptors (Lipinski definition) is 3. The third-order valence-corrected chi connectivity index (χ3v) is 4.54. The van der Waals surface area contributed by atoms with Gasteiger partial charge in [-0.15, -0.1) is 0 Å². The van der Waals surface area contributed by atoms with E-state index in [1.807, 2.05) is 19.1 Å². The van der Waals surface area contributed by atoms with E-state index in [1.54, 1.807) is 12.3 Å². The largest absolute Gasteiger partial charge is 0.484 e. The molecule has 2 N–H and O–H groups in total. The third kappa shape index (κ3) is 2.62. The molecule has 3 aromatic rings. The van der Waals surface area contributed by atoms with E-state index in [0.29, 0.717) is 18.2 Å². The van der Waals surface area contributed by atoms with E-state index in [2.05, 4.69) is 4.98 Å².